The molecular formula is C27H34N4O3. The smallest absolute Gasteiger partial charge is 0.295 e. The maximum atomic E-state index is 13.2. The Morgan fingerprint density at radius 1 is 0.941 bits per heavy atom. The molecule has 1 heterocycles. The van der Waals surface area contributed by atoms with Gasteiger partial charge in [-0.2, -0.15) is 0 Å². The molecule has 34 heavy (non-hydrogen) atoms. The van der Waals surface area contributed by atoms with Gasteiger partial charge in [-0.15, -0.1) is 0 Å². The Bertz CT molecular complexity index is 1230. The maximum absolute atomic E-state index is 13.2. The van der Waals surface area contributed by atoms with Gasteiger partial charge in [0.15, 0.2) is 0 Å². The summed E-state index contributed by atoms with van der Waals surface area (Å²) in [6, 6.07) is 15.8. The summed E-state index contributed by atoms with van der Waals surface area (Å²) in [5.74, 6) is -0.945. The minimum atomic E-state index is -0.807. The van der Waals surface area contributed by atoms with E-state index in [0.717, 1.165) is 5.56 Å². The molecule has 1 aromatic heterocycles. The lowest BCUT2D eigenvalue weighted by Gasteiger charge is -2.22. The molecule has 0 bridgehead atoms. The Morgan fingerprint density at radius 3 is 2.06 bits per heavy atom. The van der Waals surface area contributed by atoms with Gasteiger partial charge in [-0.25, -0.2) is 4.68 Å². The largest absolute Gasteiger partial charge is 0.340 e. The predicted molar refractivity (Wildman–Crippen MR) is 136 cm³/mol. The van der Waals surface area contributed by atoms with Crippen molar-refractivity contribution in [1.82, 2.24) is 14.7 Å². The molecule has 1 unspecified atom stereocenters. The number of carbonyl (C=O) groups is 2. The monoisotopic (exact) mass is 462 g/mol. The second-order valence-electron chi connectivity index (χ2n) is 9.95. The van der Waals surface area contributed by atoms with Crippen molar-refractivity contribution in [2.24, 2.45) is 13.0 Å². The van der Waals surface area contributed by atoms with Gasteiger partial charge in [0.2, 0.25) is 5.91 Å². The highest BCUT2D eigenvalue weighted by atomic mass is 16.2. The van der Waals surface area contributed by atoms with Crippen LogP contribution in [-0.2, 0) is 17.3 Å². The van der Waals surface area contributed by atoms with E-state index in [2.05, 4.69) is 31.4 Å². The van der Waals surface area contributed by atoms with Crippen molar-refractivity contribution < 1.29 is 9.59 Å². The number of carbonyl (C=O) groups excluding carboxylic acids is 2. The van der Waals surface area contributed by atoms with E-state index in [0.29, 0.717) is 16.9 Å². The molecule has 2 aromatic carbocycles. The highest BCUT2D eigenvalue weighted by molar-refractivity contribution is 6.01. The molecule has 7 heteroatoms. The average molecular weight is 463 g/mol. The third-order valence-electron chi connectivity index (χ3n) is 6.05. The zero-order valence-electron chi connectivity index (χ0n) is 21.0. The second kappa shape index (κ2) is 9.71. The molecule has 180 valence electrons. The summed E-state index contributed by atoms with van der Waals surface area (Å²) in [6.07, 6.45) is 0. The van der Waals surface area contributed by atoms with Crippen LogP contribution in [0.5, 0.6) is 0 Å². The highest BCUT2D eigenvalue weighted by Gasteiger charge is 2.27. The first-order valence-corrected chi connectivity index (χ1v) is 11.5. The minimum absolute atomic E-state index is 0.0183. The van der Waals surface area contributed by atoms with Crippen molar-refractivity contribution in [3.8, 4) is 5.69 Å². The van der Waals surface area contributed by atoms with Gasteiger partial charge in [0.25, 0.3) is 11.5 Å². The summed E-state index contributed by atoms with van der Waals surface area (Å²) in [5.41, 5.74) is 2.78. The van der Waals surface area contributed by atoms with Crippen molar-refractivity contribution in [2.75, 3.05) is 5.32 Å². The number of anilines is 1. The van der Waals surface area contributed by atoms with Crippen molar-refractivity contribution in [3.05, 3.63) is 81.8 Å². The number of nitrogens with zero attached hydrogens (tertiary/aromatic N) is 2. The fourth-order valence-electron chi connectivity index (χ4n) is 3.79. The molecule has 2 amide bonds. The number of para-hydroxylation sites is 1. The van der Waals surface area contributed by atoms with Crippen molar-refractivity contribution >= 4 is 17.5 Å². The van der Waals surface area contributed by atoms with Gasteiger partial charge < -0.3 is 10.6 Å². The van der Waals surface area contributed by atoms with E-state index in [-0.39, 0.29) is 28.5 Å². The number of amides is 2. The van der Waals surface area contributed by atoms with Crippen LogP contribution in [0.25, 0.3) is 5.69 Å². The van der Waals surface area contributed by atoms with Gasteiger partial charge in [0.1, 0.15) is 11.7 Å². The SMILES string of the molecule is Cc1c(NC(=O)C(NC(=O)c2ccc(C(C)(C)C)cc2)C(C)C)c(=O)n(-c2ccccc2)n1C. The van der Waals surface area contributed by atoms with E-state index in [1.165, 1.54) is 4.68 Å². The summed E-state index contributed by atoms with van der Waals surface area (Å²) in [4.78, 5) is 39.2. The molecule has 0 aliphatic heterocycles. The van der Waals surface area contributed by atoms with Gasteiger partial charge in [0, 0.05) is 12.6 Å². The lowest BCUT2D eigenvalue weighted by Crippen LogP contribution is -2.47. The normalized spacial score (nSPS) is 12.5. The second-order valence-corrected chi connectivity index (χ2v) is 9.95. The summed E-state index contributed by atoms with van der Waals surface area (Å²) < 4.78 is 3.21. The fourth-order valence-corrected chi connectivity index (χ4v) is 3.79. The molecule has 0 spiro atoms. The van der Waals surface area contributed by atoms with E-state index < -0.39 is 11.9 Å². The number of aromatic nitrogens is 2. The van der Waals surface area contributed by atoms with Gasteiger partial charge in [-0.05, 0) is 48.1 Å². The molecule has 0 saturated heterocycles. The Labute approximate surface area is 200 Å². The summed E-state index contributed by atoms with van der Waals surface area (Å²) in [7, 11) is 1.77. The number of nitrogens with one attached hydrogen (secondary N) is 2. The summed E-state index contributed by atoms with van der Waals surface area (Å²) in [5, 5.41) is 5.61. The van der Waals surface area contributed by atoms with Crippen LogP contribution in [0.1, 0.15) is 56.2 Å². The highest BCUT2D eigenvalue weighted by Crippen LogP contribution is 2.22. The van der Waals surface area contributed by atoms with Crippen molar-refractivity contribution in [2.45, 2.75) is 53.0 Å². The average Bonchev–Trinajstić information content (AvgIpc) is 3.00. The van der Waals surface area contributed by atoms with Crippen LogP contribution >= 0.6 is 0 Å². The molecule has 0 radical (unpaired) electrons. The fraction of sp³-hybridized carbons (Fsp3) is 0.370. The summed E-state index contributed by atoms with van der Waals surface area (Å²) >= 11 is 0. The topological polar surface area (TPSA) is 85.1 Å². The van der Waals surface area contributed by atoms with Crippen LogP contribution in [0.3, 0.4) is 0 Å². The van der Waals surface area contributed by atoms with Gasteiger partial charge in [-0.3, -0.25) is 19.1 Å². The molecule has 0 aliphatic rings. The third-order valence-corrected chi connectivity index (χ3v) is 6.05. The molecule has 0 saturated carbocycles. The van der Waals surface area contributed by atoms with E-state index >= 15 is 0 Å². The molecule has 1 atom stereocenters. The number of hydrogen-bond donors (Lipinski definition) is 2. The Kier molecular flexibility index (Phi) is 7.15. The zero-order chi connectivity index (χ0) is 25.2. The van der Waals surface area contributed by atoms with E-state index in [1.54, 1.807) is 30.8 Å². The molecule has 0 aliphatic carbocycles. The first kappa shape index (κ1) is 25.0. The van der Waals surface area contributed by atoms with Crippen LogP contribution in [0.4, 0.5) is 5.69 Å². The third kappa shape index (κ3) is 5.14. The first-order valence-electron chi connectivity index (χ1n) is 11.5. The predicted octanol–water partition coefficient (Wildman–Crippen LogP) is 4.18. The lowest BCUT2D eigenvalue weighted by molar-refractivity contribution is -0.118. The molecule has 0 fully saturated rings. The number of rotatable bonds is 6. The lowest BCUT2D eigenvalue weighted by atomic mass is 9.86. The quantitative estimate of drug-likeness (QED) is 0.576. The Morgan fingerprint density at radius 2 is 1.53 bits per heavy atom. The minimum Gasteiger partial charge on any atom is -0.340 e. The number of benzene rings is 2. The first-order chi connectivity index (χ1) is 15.9. The van der Waals surface area contributed by atoms with Crippen LogP contribution < -0.4 is 16.2 Å². The van der Waals surface area contributed by atoms with Crippen molar-refractivity contribution in [3.63, 3.8) is 0 Å². The molecule has 2 N–H and O–H groups in total. The van der Waals surface area contributed by atoms with Crippen molar-refractivity contribution in [1.29, 1.82) is 0 Å². The van der Waals surface area contributed by atoms with Crippen LogP contribution in [0, 0.1) is 12.8 Å². The van der Waals surface area contributed by atoms with Gasteiger partial charge >= 0.3 is 0 Å². The van der Waals surface area contributed by atoms with Gasteiger partial charge in [0.05, 0.1) is 11.4 Å². The summed E-state index contributed by atoms with van der Waals surface area (Å²) in [6.45, 7) is 11.8. The molecule has 3 rings (SSSR count). The van der Waals surface area contributed by atoms with E-state index in [1.807, 2.05) is 56.3 Å². The number of hydrogen-bond acceptors (Lipinski definition) is 3. The maximum Gasteiger partial charge on any atom is 0.295 e. The van der Waals surface area contributed by atoms with Crippen LogP contribution in [-0.4, -0.2) is 27.2 Å². The van der Waals surface area contributed by atoms with E-state index in [9.17, 15) is 14.4 Å². The standard InChI is InChI=1S/C27H34N4O3/c1-17(2)22(28-24(32)19-13-15-20(16-14-19)27(4,5)6)25(33)29-23-18(3)30(7)31(26(23)34)21-11-9-8-10-12-21/h8-17,22H,1-7H3,(H,28,32)(H,29,33). The van der Waals surface area contributed by atoms with Crippen LogP contribution in [0.2, 0.25) is 0 Å². The Hall–Kier alpha value is -3.61. The van der Waals surface area contributed by atoms with Crippen LogP contribution in [0.15, 0.2) is 59.4 Å². The molecule has 3 aromatic rings. The Balaban J connectivity index is 1.82. The molecular weight excluding hydrogens is 428 g/mol. The zero-order valence-corrected chi connectivity index (χ0v) is 21.0. The molecule has 7 nitrogen and oxygen atoms in total. The van der Waals surface area contributed by atoms with Gasteiger partial charge in [-0.1, -0.05) is 65.0 Å². The van der Waals surface area contributed by atoms with E-state index in [4.69, 9.17) is 0 Å².